The standard InChI is InChI=1S/C11H15NO2S/c1-6-3-7(2)5-8(4-6)9-10(13)12-11(14)15-9/h6-7H,3-5H2,1-2H3,(H,12,13,14)/t6-,7-/m1/s1. The van der Waals surface area contributed by atoms with Crippen LogP contribution in [0.4, 0.5) is 4.79 Å². The van der Waals surface area contributed by atoms with Gasteiger partial charge in [0.1, 0.15) is 0 Å². The summed E-state index contributed by atoms with van der Waals surface area (Å²) in [5.41, 5.74) is 1.18. The molecule has 0 aromatic rings. The van der Waals surface area contributed by atoms with E-state index in [2.05, 4.69) is 19.2 Å². The van der Waals surface area contributed by atoms with Crippen LogP contribution < -0.4 is 5.32 Å². The summed E-state index contributed by atoms with van der Waals surface area (Å²) in [4.78, 5) is 23.2. The van der Waals surface area contributed by atoms with E-state index in [0.717, 1.165) is 24.6 Å². The number of imide groups is 1. The topological polar surface area (TPSA) is 46.2 Å². The Morgan fingerprint density at radius 1 is 1.20 bits per heavy atom. The molecule has 2 amide bonds. The fraction of sp³-hybridized carbons (Fsp3) is 0.636. The average Bonchev–Trinajstić information content (AvgIpc) is 2.43. The Morgan fingerprint density at radius 3 is 2.27 bits per heavy atom. The molecule has 2 fully saturated rings. The third-order valence-corrected chi connectivity index (χ3v) is 3.90. The van der Waals surface area contributed by atoms with Gasteiger partial charge in [-0.05, 0) is 48.4 Å². The Labute approximate surface area is 93.7 Å². The van der Waals surface area contributed by atoms with Crippen molar-refractivity contribution in [2.75, 3.05) is 0 Å². The van der Waals surface area contributed by atoms with Crippen LogP contribution in [-0.2, 0) is 4.79 Å². The number of hydrogen-bond donors (Lipinski definition) is 1. The van der Waals surface area contributed by atoms with Gasteiger partial charge in [0, 0.05) is 0 Å². The van der Waals surface area contributed by atoms with Crippen molar-refractivity contribution in [3.63, 3.8) is 0 Å². The van der Waals surface area contributed by atoms with Gasteiger partial charge in [0.15, 0.2) is 0 Å². The van der Waals surface area contributed by atoms with Crippen molar-refractivity contribution in [1.82, 2.24) is 5.32 Å². The van der Waals surface area contributed by atoms with E-state index in [4.69, 9.17) is 0 Å². The van der Waals surface area contributed by atoms with Crippen LogP contribution in [0.5, 0.6) is 0 Å². The van der Waals surface area contributed by atoms with Crippen molar-refractivity contribution < 1.29 is 9.59 Å². The third kappa shape index (κ3) is 2.25. The van der Waals surface area contributed by atoms with Crippen molar-refractivity contribution in [3.05, 3.63) is 10.5 Å². The van der Waals surface area contributed by atoms with Gasteiger partial charge in [0.05, 0.1) is 4.91 Å². The first-order chi connectivity index (χ1) is 7.06. The van der Waals surface area contributed by atoms with Crippen LogP contribution in [0.3, 0.4) is 0 Å². The molecule has 1 N–H and O–H groups in total. The average molecular weight is 225 g/mol. The number of hydrogen-bond acceptors (Lipinski definition) is 3. The Morgan fingerprint density at radius 2 is 1.80 bits per heavy atom. The number of carbonyl (C=O) groups is 2. The summed E-state index contributed by atoms with van der Waals surface area (Å²) in [7, 11) is 0. The van der Waals surface area contributed by atoms with Gasteiger partial charge in [0.2, 0.25) is 0 Å². The number of rotatable bonds is 0. The number of amides is 2. The van der Waals surface area contributed by atoms with Crippen LogP contribution >= 0.6 is 11.8 Å². The highest BCUT2D eigenvalue weighted by atomic mass is 32.2. The molecule has 1 heterocycles. The van der Waals surface area contributed by atoms with Crippen LogP contribution in [-0.4, -0.2) is 11.1 Å². The predicted molar refractivity (Wildman–Crippen MR) is 60.3 cm³/mol. The van der Waals surface area contributed by atoms with Gasteiger partial charge in [-0.3, -0.25) is 14.9 Å². The summed E-state index contributed by atoms with van der Waals surface area (Å²) < 4.78 is 0. The first-order valence-electron chi connectivity index (χ1n) is 5.31. The van der Waals surface area contributed by atoms with E-state index in [1.54, 1.807) is 0 Å². The molecule has 1 aliphatic heterocycles. The molecular weight excluding hydrogens is 210 g/mol. The minimum absolute atomic E-state index is 0.193. The molecule has 0 aromatic carbocycles. The van der Waals surface area contributed by atoms with Crippen molar-refractivity contribution in [1.29, 1.82) is 0 Å². The van der Waals surface area contributed by atoms with Gasteiger partial charge in [-0.2, -0.15) is 0 Å². The van der Waals surface area contributed by atoms with Gasteiger partial charge in [-0.15, -0.1) is 0 Å². The molecule has 0 radical (unpaired) electrons. The smallest absolute Gasteiger partial charge is 0.282 e. The molecule has 4 heteroatoms. The van der Waals surface area contributed by atoms with E-state index in [-0.39, 0.29) is 11.1 Å². The SMILES string of the molecule is C[C@H]1CC(=C2SC(=O)NC2=O)C[C@H](C)C1. The highest BCUT2D eigenvalue weighted by Gasteiger charge is 2.31. The van der Waals surface area contributed by atoms with E-state index in [9.17, 15) is 9.59 Å². The number of allylic oxidation sites excluding steroid dienone is 1. The molecule has 0 spiro atoms. The quantitative estimate of drug-likeness (QED) is 0.645. The maximum Gasteiger partial charge on any atom is 0.290 e. The maximum atomic E-state index is 11.5. The second-order valence-corrected chi connectivity index (χ2v) is 5.61. The lowest BCUT2D eigenvalue weighted by atomic mass is 9.80. The second kappa shape index (κ2) is 4.00. The minimum atomic E-state index is -0.228. The van der Waals surface area contributed by atoms with Crippen LogP contribution in [0.2, 0.25) is 0 Å². The highest BCUT2D eigenvalue weighted by molar-refractivity contribution is 8.18. The lowest BCUT2D eigenvalue weighted by molar-refractivity contribution is -0.115. The summed E-state index contributed by atoms with van der Waals surface area (Å²) in [6.07, 6.45) is 3.15. The van der Waals surface area contributed by atoms with E-state index in [1.165, 1.54) is 12.0 Å². The monoisotopic (exact) mass is 225 g/mol. The second-order valence-electron chi connectivity index (χ2n) is 4.63. The predicted octanol–water partition coefficient (Wildman–Crippen LogP) is 2.68. The van der Waals surface area contributed by atoms with Gasteiger partial charge < -0.3 is 0 Å². The van der Waals surface area contributed by atoms with Crippen molar-refractivity contribution in [2.45, 2.75) is 33.1 Å². The zero-order valence-electron chi connectivity index (χ0n) is 9.00. The molecular formula is C11H15NO2S. The summed E-state index contributed by atoms with van der Waals surface area (Å²) in [5.74, 6) is 1.06. The minimum Gasteiger partial charge on any atom is -0.282 e. The Hall–Kier alpha value is -0.770. The van der Waals surface area contributed by atoms with E-state index >= 15 is 0 Å². The molecule has 3 nitrogen and oxygen atoms in total. The lowest BCUT2D eigenvalue weighted by Crippen LogP contribution is -2.20. The first kappa shape index (κ1) is 10.7. The highest BCUT2D eigenvalue weighted by Crippen LogP contribution is 2.38. The van der Waals surface area contributed by atoms with Crippen LogP contribution in [0.1, 0.15) is 33.1 Å². The molecule has 82 valence electrons. The maximum absolute atomic E-state index is 11.5. The normalized spacial score (nSPS) is 32.1. The number of carbonyl (C=O) groups excluding carboxylic acids is 2. The zero-order chi connectivity index (χ0) is 11.0. The van der Waals surface area contributed by atoms with Crippen molar-refractivity contribution in [3.8, 4) is 0 Å². The first-order valence-corrected chi connectivity index (χ1v) is 6.13. The van der Waals surface area contributed by atoms with Gasteiger partial charge in [-0.1, -0.05) is 13.8 Å². The van der Waals surface area contributed by atoms with Gasteiger partial charge in [-0.25, -0.2) is 0 Å². The van der Waals surface area contributed by atoms with Crippen molar-refractivity contribution in [2.24, 2.45) is 11.8 Å². The number of nitrogens with one attached hydrogen (secondary N) is 1. The zero-order valence-corrected chi connectivity index (χ0v) is 9.82. The number of thioether (sulfide) groups is 1. The Bertz CT molecular complexity index is 336. The third-order valence-electron chi connectivity index (χ3n) is 2.93. The van der Waals surface area contributed by atoms with E-state index in [0.29, 0.717) is 16.7 Å². The van der Waals surface area contributed by atoms with Crippen LogP contribution in [0.25, 0.3) is 0 Å². The Kier molecular flexibility index (Phi) is 2.87. The van der Waals surface area contributed by atoms with Crippen LogP contribution in [0.15, 0.2) is 10.5 Å². The molecule has 15 heavy (non-hydrogen) atoms. The molecule has 1 saturated carbocycles. The fourth-order valence-electron chi connectivity index (χ4n) is 2.51. The summed E-state index contributed by atoms with van der Waals surface area (Å²) in [6.45, 7) is 4.41. The van der Waals surface area contributed by atoms with Gasteiger partial charge >= 0.3 is 0 Å². The molecule has 1 saturated heterocycles. The van der Waals surface area contributed by atoms with E-state index in [1.807, 2.05) is 0 Å². The molecule has 2 aliphatic rings. The van der Waals surface area contributed by atoms with Crippen LogP contribution in [0, 0.1) is 11.8 Å². The molecule has 1 aliphatic carbocycles. The summed E-state index contributed by atoms with van der Waals surface area (Å²) >= 11 is 1.06. The van der Waals surface area contributed by atoms with Crippen molar-refractivity contribution >= 4 is 22.9 Å². The van der Waals surface area contributed by atoms with Gasteiger partial charge in [0.25, 0.3) is 11.1 Å². The summed E-state index contributed by atoms with van der Waals surface area (Å²) in [5, 5.41) is 2.09. The lowest BCUT2D eigenvalue weighted by Gasteiger charge is -2.26. The molecule has 2 rings (SSSR count). The summed E-state index contributed by atoms with van der Waals surface area (Å²) in [6, 6.07) is 0. The molecule has 0 aromatic heterocycles. The fourth-order valence-corrected chi connectivity index (χ4v) is 3.29. The van der Waals surface area contributed by atoms with E-state index < -0.39 is 0 Å². The molecule has 0 unspecified atom stereocenters. The molecule has 2 atom stereocenters. The molecule has 0 bridgehead atoms. The largest absolute Gasteiger partial charge is 0.290 e. The Balaban J connectivity index is 2.24.